The van der Waals surface area contributed by atoms with Crippen LogP contribution in [0.4, 0.5) is 0 Å². The van der Waals surface area contributed by atoms with Gasteiger partial charge in [0.05, 0.1) is 17.1 Å². The summed E-state index contributed by atoms with van der Waals surface area (Å²) in [5, 5.41) is 3.01. The van der Waals surface area contributed by atoms with Crippen LogP contribution in [0.5, 0.6) is 0 Å². The lowest BCUT2D eigenvalue weighted by molar-refractivity contribution is -0.115. The molecule has 2 nitrogen and oxygen atoms in total. The van der Waals surface area contributed by atoms with Gasteiger partial charge >= 0.3 is 0 Å². The molecule has 74 valence electrons. The van der Waals surface area contributed by atoms with E-state index in [1.807, 2.05) is 12.3 Å². The molecule has 1 heterocycles. The van der Waals surface area contributed by atoms with Crippen LogP contribution in [0.3, 0.4) is 0 Å². The van der Waals surface area contributed by atoms with Crippen molar-refractivity contribution in [3.05, 3.63) is 27.7 Å². The maximum Gasteiger partial charge on any atom is 0.164 e. The number of aromatic nitrogens is 1. The molecule has 0 spiro atoms. The predicted octanol–water partition coefficient (Wildman–Crippen LogP) is 2.67. The topological polar surface area (TPSA) is 30.0 Å². The summed E-state index contributed by atoms with van der Waals surface area (Å²) >= 11 is 1.61. The fourth-order valence-electron chi connectivity index (χ4n) is 1.69. The Balaban J connectivity index is 2.01. The lowest BCUT2D eigenvalue weighted by Crippen LogP contribution is -2.05. The highest BCUT2D eigenvalue weighted by atomic mass is 32.1. The predicted molar refractivity (Wildman–Crippen MR) is 57.5 cm³/mol. The maximum absolute atomic E-state index is 11.7. The van der Waals surface area contributed by atoms with E-state index in [0.717, 1.165) is 35.5 Å². The Hall–Kier alpha value is -0.960. The molecule has 1 aromatic rings. The third kappa shape index (κ3) is 2.10. The maximum atomic E-state index is 11.7. The Labute approximate surface area is 87.7 Å². The summed E-state index contributed by atoms with van der Waals surface area (Å²) in [6, 6.07) is 0. The molecule has 1 aliphatic rings. The Kier molecular flexibility index (Phi) is 2.77. The van der Waals surface area contributed by atoms with Crippen LogP contribution in [0.25, 0.3) is 0 Å². The lowest BCUT2D eigenvalue weighted by atomic mass is 10.1. The zero-order valence-corrected chi connectivity index (χ0v) is 9.06. The van der Waals surface area contributed by atoms with Crippen molar-refractivity contribution >= 4 is 17.1 Å². The number of hydrogen-bond donors (Lipinski definition) is 0. The van der Waals surface area contributed by atoms with Crippen LogP contribution in [0, 0.1) is 6.92 Å². The van der Waals surface area contributed by atoms with E-state index in [9.17, 15) is 4.79 Å². The first-order valence-corrected chi connectivity index (χ1v) is 5.77. The number of Topliss-reactive ketones (excluding diaryl/α,β-unsaturated/α-hetero) is 1. The van der Waals surface area contributed by atoms with E-state index < -0.39 is 0 Å². The van der Waals surface area contributed by atoms with Crippen molar-refractivity contribution in [1.29, 1.82) is 0 Å². The highest BCUT2D eigenvalue weighted by Crippen LogP contribution is 2.20. The highest BCUT2D eigenvalue weighted by Gasteiger charge is 2.14. The molecule has 0 saturated heterocycles. The lowest BCUT2D eigenvalue weighted by Gasteiger charge is -1.97. The summed E-state index contributed by atoms with van der Waals surface area (Å²) < 4.78 is 0. The first-order chi connectivity index (χ1) is 6.75. The van der Waals surface area contributed by atoms with Gasteiger partial charge in [0.1, 0.15) is 0 Å². The molecule has 0 atom stereocenters. The van der Waals surface area contributed by atoms with E-state index in [4.69, 9.17) is 0 Å². The average molecular weight is 207 g/mol. The fraction of sp³-hybridized carbons (Fsp3) is 0.455. The number of allylic oxidation sites excluding steroid dienone is 2. The van der Waals surface area contributed by atoms with Gasteiger partial charge in [-0.15, -0.1) is 11.3 Å². The van der Waals surface area contributed by atoms with Gasteiger partial charge in [-0.1, -0.05) is 6.08 Å². The van der Waals surface area contributed by atoms with Crippen molar-refractivity contribution in [2.24, 2.45) is 0 Å². The molecule has 0 amide bonds. The highest BCUT2D eigenvalue weighted by molar-refractivity contribution is 7.09. The van der Waals surface area contributed by atoms with Gasteiger partial charge in [-0.3, -0.25) is 4.79 Å². The zero-order valence-electron chi connectivity index (χ0n) is 8.25. The van der Waals surface area contributed by atoms with Crippen LogP contribution >= 0.6 is 11.3 Å². The van der Waals surface area contributed by atoms with Crippen molar-refractivity contribution in [2.45, 2.75) is 32.6 Å². The van der Waals surface area contributed by atoms with Gasteiger partial charge in [0.2, 0.25) is 0 Å². The summed E-state index contributed by atoms with van der Waals surface area (Å²) in [4.78, 5) is 16.0. The molecular weight excluding hydrogens is 194 g/mol. The summed E-state index contributed by atoms with van der Waals surface area (Å²) in [5.74, 6) is 0.257. The number of carbonyl (C=O) groups is 1. The van der Waals surface area contributed by atoms with Gasteiger partial charge < -0.3 is 0 Å². The minimum Gasteiger partial charge on any atom is -0.294 e. The molecule has 0 aromatic carbocycles. The Bertz CT molecular complexity index is 378. The number of carbonyl (C=O) groups excluding carboxylic acids is 1. The second-order valence-electron chi connectivity index (χ2n) is 3.58. The van der Waals surface area contributed by atoms with Crippen molar-refractivity contribution in [2.75, 3.05) is 0 Å². The summed E-state index contributed by atoms with van der Waals surface area (Å²) in [6.45, 7) is 1.97. The van der Waals surface area contributed by atoms with Gasteiger partial charge in [0, 0.05) is 5.38 Å². The average Bonchev–Trinajstić information content (AvgIpc) is 2.75. The second kappa shape index (κ2) is 4.05. The molecule has 14 heavy (non-hydrogen) atoms. The monoisotopic (exact) mass is 207 g/mol. The summed E-state index contributed by atoms with van der Waals surface area (Å²) in [7, 11) is 0. The zero-order chi connectivity index (χ0) is 9.97. The summed E-state index contributed by atoms with van der Waals surface area (Å²) in [5.41, 5.74) is 1.93. The number of aryl methyl sites for hydroxylation is 1. The molecule has 1 aromatic heterocycles. The van der Waals surface area contributed by atoms with E-state index in [0.29, 0.717) is 6.42 Å². The smallest absolute Gasteiger partial charge is 0.164 e. The van der Waals surface area contributed by atoms with Gasteiger partial charge in [-0.25, -0.2) is 4.98 Å². The molecule has 0 unspecified atom stereocenters. The molecule has 3 heteroatoms. The first-order valence-electron chi connectivity index (χ1n) is 4.89. The van der Waals surface area contributed by atoms with Crippen molar-refractivity contribution < 1.29 is 4.79 Å². The van der Waals surface area contributed by atoms with Crippen LogP contribution in [0.2, 0.25) is 0 Å². The van der Waals surface area contributed by atoms with Gasteiger partial charge in [-0.05, 0) is 31.8 Å². The second-order valence-corrected chi connectivity index (χ2v) is 4.64. The van der Waals surface area contributed by atoms with E-state index in [-0.39, 0.29) is 5.78 Å². The molecule has 1 aliphatic carbocycles. The number of thiazole rings is 1. The first kappa shape index (κ1) is 9.59. The number of nitrogens with zero attached hydrogens (tertiary/aromatic N) is 1. The molecule has 2 rings (SSSR count). The molecular formula is C11H13NOS. The van der Waals surface area contributed by atoms with Crippen LogP contribution in [-0.2, 0) is 11.2 Å². The van der Waals surface area contributed by atoms with Crippen LogP contribution in [-0.4, -0.2) is 10.8 Å². The van der Waals surface area contributed by atoms with E-state index >= 15 is 0 Å². The van der Waals surface area contributed by atoms with Gasteiger partial charge in [-0.2, -0.15) is 0 Å². The van der Waals surface area contributed by atoms with E-state index in [1.54, 1.807) is 11.3 Å². The van der Waals surface area contributed by atoms with Gasteiger partial charge in [0.25, 0.3) is 0 Å². The molecule has 0 radical (unpaired) electrons. The Morgan fingerprint density at radius 1 is 1.64 bits per heavy atom. The minimum atomic E-state index is 0.257. The van der Waals surface area contributed by atoms with Crippen molar-refractivity contribution in [3.8, 4) is 0 Å². The minimum absolute atomic E-state index is 0.257. The Morgan fingerprint density at radius 2 is 2.50 bits per heavy atom. The molecule has 0 fully saturated rings. The third-order valence-corrected chi connectivity index (χ3v) is 3.23. The standard InChI is InChI=1S/C11H13NOS/c1-8-12-10(7-14-8)6-11(13)9-4-2-3-5-9/h4,7H,2-3,5-6H2,1H3. The molecule has 0 aliphatic heterocycles. The van der Waals surface area contributed by atoms with E-state index in [2.05, 4.69) is 11.1 Å². The summed E-state index contributed by atoms with van der Waals surface area (Å²) in [6.07, 6.45) is 5.72. The third-order valence-electron chi connectivity index (χ3n) is 2.41. The molecule has 0 bridgehead atoms. The largest absolute Gasteiger partial charge is 0.294 e. The normalized spacial score (nSPS) is 15.6. The molecule has 0 N–H and O–H groups in total. The van der Waals surface area contributed by atoms with E-state index in [1.165, 1.54) is 0 Å². The number of rotatable bonds is 3. The van der Waals surface area contributed by atoms with Crippen molar-refractivity contribution in [1.82, 2.24) is 4.98 Å². The quantitative estimate of drug-likeness (QED) is 0.762. The van der Waals surface area contributed by atoms with Crippen LogP contribution < -0.4 is 0 Å². The fourth-order valence-corrected chi connectivity index (χ4v) is 2.30. The Morgan fingerprint density at radius 3 is 3.07 bits per heavy atom. The van der Waals surface area contributed by atoms with Crippen LogP contribution in [0.15, 0.2) is 17.0 Å². The van der Waals surface area contributed by atoms with Gasteiger partial charge in [0.15, 0.2) is 5.78 Å². The molecule has 0 saturated carbocycles. The number of hydrogen-bond acceptors (Lipinski definition) is 3. The number of ketones is 1. The van der Waals surface area contributed by atoms with Crippen molar-refractivity contribution in [3.63, 3.8) is 0 Å². The van der Waals surface area contributed by atoms with Crippen LogP contribution in [0.1, 0.15) is 30.0 Å². The SMILES string of the molecule is Cc1nc(CC(=O)C2=CCCC2)cs1.